The molecule has 0 bridgehead atoms. The van der Waals surface area contributed by atoms with E-state index in [1.165, 1.54) is 18.2 Å². The first-order valence-corrected chi connectivity index (χ1v) is 9.16. The van der Waals surface area contributed by atoms with Gasteiger partial charge in [-0.2, -0.15) is 0 Å². The summed E-state index contributed by atoms with van der Waals surface area (Å²) >= 11 is 0. The Morgan fingerprint density at radius 2 is 1.04 bits per heavy atom. The van der Waals surface area contributed by atoms with Crippen molar-refractivity contribution in [1.82, 2.24) is 0 Å². The molecule has 0 unspecified atom stereocenters. The highest BCUT2D eigenvalue weighted by Crippen LogP contribution is 2.04. The Morgan fingerprint density at radius 1 is 0.625 bits per heavy atom. The summed E-state index contributed by atoms with van der Waals surface area (Å²) in [5, 5.41) is 0. The smallest absolute Gasteiger partial charge is 0.0353 e. The molecular weight excluding hydrogens is 288 g/mol. The van der Waals surface area contributed by atoms with E-state index in [1.807, 2.05) is 19.9 Å². The minimum Gasteiger partial charge on any atom is -0.0885 e. The van der Waals surface area contributed by atoms with E-state index in [2.05, 4.69) is 49.5 Å². The summed E-state index contributed by atoms with van der Waals surface area (Å²) in [6, 6.07) is 0. The minimum absolute atomic E-state index is 0.235. The fourth-order valence-electron chi connectivity index (χ4n) is 1.76. The first kappa shape index (κ1) is 15.9. The maximum absolute atomic E-state index is 7.93. The lowest BCUT2D eigenvalue weighted by Crippen LogP contribution is -1.83. The number of allylic oxidation sites excluding steroid dienone is 12. The second-order valence-electron chi connectivity index (χ2n) is 5.94. The molecule has 24 heavy (non-hydrogen) atoms. The fraction of sp³-hybridized carbons (Fsp3) is 0.500. The topological polar surface area (TPSA) is 0 Å². The van der Waals surface area contributed by atoms with E-state index < -0.39 is 12.7 Å². The Labute approximate surface area is 157 Å². The molecule has 0 rings (SSSR count). The van der Waals surface area contributed by atoms with Gasteiger partial charge in [-0.1, -0.05) is 93.7 Å². The van der Waals surface area contributed by atoms with Crippen LogP contribution in [0, 0.1) is 5.92 Å². The van der Waals surface area contributed by atoms with Gasteiger partial charge >= 0.3 is 0 Å². The molecule has 0 atom stereocenters. The zero-order valence-electron chi connectivity index (χ0n) is 19.7. The second kappa shape index (κ2) is 19.5. The van der Waals surface area contributed by atoms with Gasteiger partial charge in [0, 0.05) is 5.48 Å². The third-order valence-electron chi connectivity index (χ3n) is 3.03. The molecule has 0 aliphatic rings. The van der Waals surface area contributed by atoms with Crippen molar-refractivity contribution < 1.29 is 5.48 Å². The SMILES string of the molecule is [2H]C([2H])(/C=C\C/C=C\C/C=C\C/C=C\C/C=C\CC)/C=C\C([2H])([2H])CC(C)C. The van der Waals surface area contributed by atoms with Crippen molar-refractivity contribution in [3.8, 4) is 0 Å². The zero-order chi connectivity index (χ0) is 21.3. The van der Waals surface area contributed by atoms with Crippen molar-refractivity contribution in [1.29, 1.82) is 0 Å². The van der Waals surface area contributed by atoms with Crippen LogP contribution in [0.2, 0.25) is 0 Å². The molecule has 0 aliphatic heterocycles. The molecule has 0 heteroatoms. The Kier molecular flexibility index (Phi) is 12.9. The molecule has 0 radical (unpaired) electrons. The van der Waals surface area contributed by atoms with Crippen molar-refractivity contribution in [2.24, 2.45) is 5.92 Å². The molecular formula is C24H38. The molecule has 0 amide bonds. The van der Waals surface area contributed by atoms with Crippen LogP contribution in [0.1, 0.15) is 77.5 Å². The summed E-state index contributed by atoms with van der Waals surface area (Å²) in [4.78, 5) is 0. The molecule has 134 valence electrons. The summed E-state index contributed by atoms with van der Waals surface area (Å²) < 4.78 is 31.6. The van der Waals surface area contributed by atoms with E-state index in [4.69, 9.17) is 5.48 Å². The van der Waals surface area contributed by atoms with E-state index in [0.717, 1.165) is 25.7 Å². The number of rotatable bonds is 14. The third kappa shape index (κ3) is 20.4. The molecule has 0 nitrogen and oxygen atoms in total. The third-order valence-corrected chi connectivity index (χ3v) is 3.03. The van der Waals surface area contributed by atoms with Crippen molar-refractivity contribution >= 4 is 0 Å². The highest BCUT2D eigenvalue weighted by molar-refractivity contribution is 5.01. The lowest BCUT2D eigenvalue weighted by molar-refractivity contribution is 0.594. The van der Waals surface area contributed by atoms with Crippen LogP contribution in [0.4, 0.5) is 0 Å². The van der Waals surface area contributed by atoms with E-state index in [0.29, 0.717) is 12.8 Å². The monoisotopic (exact) mass is 330 g/mol. The summed E-state index contributed by atoms with van der Waals surface area (Å²) in [5.74, 6) is 0.235. The first-order valence-electron chi connectivity index (χ1n) is 11.2. The van der Waals surface area contributed by atoms with Crippen LogP contribution < -0.4 is 0 Å². The summed E-state index contributed by atoms with van der Waals surface area (Å²) in [5.41, 5.74) is 0. The Bertz CT molecular complexity index is 561. The Balaban J connectivity index is 4.11. The molecule has 0 aromatic carbocycles. The maximum Gasteiger partial charge on any atom is 0.0353 e. The van der Waals surface area contributed by atoms with Gasteiger partial charge in [0.25, 0.3) is 0 Å². The average molecular weight is 331 g/mol. The summed E-state index contributed by atoms with van der Waals surface area (Å²) in [6.07, 6.45) is 24.9. The predicted octanol–water partition coefficient (Wildman–Crippen LogP) is 8.12. The van der Waals surface area contributed by atoms with Crippen LogP contribution in [0.3, 0.4) is 0 Å². The molecule has 0 spiro atoms. The van der Waals surface area contributed by atoms with Crippen LogP contribution in [0.15, 0.2) is 72.9 Å². The van der Waals surface area contributed by atoms with E-state index >= 15 is 0 Å². The highest BCUT2D eigenvalue weighted by atomic mass is 13.9. The van der Waals surface area contributed by atoms with E-state index in [1.54, 1.807) is 6.08 Å². The first-order chi connectivity index (χ1) is 13.2. The van der Waals surface area contributed by atoms with E-state index in [9.17, 15) is 0 Å². The average Bonchev–Trinajstić information content (AvgIpc) is 2.59. The van der Waals surface area contributed by atoms with Gasteiger partial charge in [-0.3, -0.25) is 0 Å². The highest BCUT2D eigenvalue weighted by Gasteiger charge is 1.88. The fourth-order valence-corrected chi connectivity index (χ4v) is 1.76. The van der Waals surface area contributed by atoms with Crippen molar-refractivity contribution in [2.45, 2.75) is 72.0 Å². The maximum atomic E-state index is 7.93. The largest absolute Gasteiger partial charge is 0.0885 e. The van der Waals surface area contributed by atoms with Crippen LogP contribution in [0.5, 0.6) is 0 Å². The molecule has 0 aromatic rings. The van der Waals surface area contributed by atoms with Gasteiger partial charge in [-0.05, 0) is 57.2 Å². The van der Waals surface area contributed by atoms with Gasteiger partial charge in [0.05, 0.1) is 0 Å². The molecule has 0 heterocycles. The Morgan fingerprint density at radius 3 is 1.50 bits per heavy atom. The molecule has 0 saturated heterocycles. The van der Waals surface area contributed by atoms with Crippen LogP contribution in [0.25, 0.3) is 0 Å². The van der Waals surface area contributed by atoms with Gasteiger partial charge < -0.3 is 0 Å². The Hall–Kier alpha value is -1.56. The van der Waals surface area contributed by atoms with Crippen molar-refractivity contribution in [3.63, 3.8) is 0 Å². The van der Waals surface area contributed by atoms with Crippen LogP contribution in [-0.2, 0) is 0 Å². The molecule has 0 saturated carbocycles. The number of hydrogen-bond acceptors (Lipinski definition) is 0. The quantitative estimate of drug-likeness (QED) is 0.282. The lowest BCUT2D eigenvalue weighted by Gasteiger charge is -1.98. The van der Waals surface area contributed by atoms with Crippen molar-refractivity contribution in [3.05, 3.63) is 72.9 Å². The van der Waals surface area contributed by atoms with Gasteiger partial charge in [0.15, 0.2) is 0 Å². The second-order valence-corrected chi connectivity index (χ2v) is 5.94. The van der Waals surface area contributed by atoms with Gasteiger partial charge in [-0.25, -0.2) is 0 Å². The summed E-state index contributed by atoms with van der Waals surface area (Å²) in [7, 11) is 0. The lowest BCUT2D eigenvalue weighted by atomic mass is 10.1. The predicted molar refractivity (Wildman–Crippen MR) is 112 cm³/mol. The minimum atomic E-state index is -1.63. The van der Waals surface area contributed by atoms with Crippen molar-refractivity contribution in [2.75, 3.05) is 0 Å². The van der Waals surface area contributed by atoms with Crippen LogP contribution in [-0.4, -0.2) is 0 Å². The molecule has 0 aromatic heterocycles. The van der Waals surface area contributed by atoms with E-state index in [-0.39, 0.29) is 5.92 Å². The summed E-state index contributed by atoms with van der Waals surface area (Å²) in [6.45, 7) is 6.06. The standard InChI is InChI=1S/C24H38/c1-4-5-6-7-8-9-10-11-12-13-14-15-16-17-18-19-20-21-22-23-24(2)3/h5-6,8-9,11-12,14-15,17-18,20-21,24H,4,7,10,13,16,19,22-23H2,1-3H3/b6-5-,9-8-,12-11-,15-14-,18-17-,21-20-/i19D2,22D2. The molecule has 0 aliphatic carbocycles. The molecule has 0 N–H and O–H groups in total. The zero-order valence-corrected chi connectivity index (χ0v) is 15.7. The van der Waals surface area contributed by atoms with Gasteiger partial charge in [0.1, 0.15) is 0 Å². The number of hydrogen-bond donors (Lipinski definition) is 0. The normalized spacial score (nSPS) is 17.2. The van der Waals surface area contributed by atoms with Crippen LogP contribution >= 0.6 is 0 Å². The van der Waals surface area contributed by atoms with Gasteiger partial charge in [0.2, 0.25) is 0 Å². The molecule has 0 fully saturated rings. The van der Waals surface area contributed by atoms with Gasteiger partial charge in [-0.15, -0.1) is 0 Å².